The van der Waals surface area contributed by atoms with Gasteiger partial charge in [-0.05, 0) is 49.4 Å². The van der Waals surface area contributed by atoms with Crippen LogP contribution in [0, 0.1) is 5.92 Å². The van der Waals surface area contributed by atoms with Crippen LogP contribution in [0.15, 0.2) is 52.1 Å². The number of para-hydroxylation sites is 1. The van der Waals surface area contributed by atoms with Crippen molar-refractivity contribution < 1.29 is 19.1 Å². The van der Waals surface area contributed by atoms with Crippen molar-refractivity contribution in [2.45, 2.75) is 52.6 Å². The topological polar surface area (TPSA) is 121 Å². The van der Waals surface area contributed by atoms with Gasteiger partial charge < -0.3 is 20.1 Å². The fourth-order valence-corrected chi connectivity index (χ4v) is 4.18. The van der Waals surface area contributed by atoms with Crippen molar-refractivity contribution in [3.63, 3.8) is 0 Å². The van der Waals surface area contributed by atoms with Crippen LogP contribution in [0.4, 0.5) is 5.69 Å². The van der Waals surface area contributed by atoms with Crippen LogP contribution in [0.25, 0.3) is 10.9 Å². The maximum atomic E-state index is 13.3. The predicted molar refractivity (Wildman–Crippen MR) is 140 cm³/mol. The first-order chi connectivity index (χ1) is 17.8. The van der Waals surface area contributed by atoms with Gasteiger partial charge in [0, 0.05) is 31.3 Å². The zero-order valence-corrected chi connectivity index (χ0v) is 21.1. The fourth-order valence-electron chi connectivity index (χ4n) is 4.18. The molecule has 0 fully saturated rings. The number of hydrogen-bond acceptors (Lipinski definition) is 6. The molecule has 0 bridgehead atoms. The van der Waals surface area contributed by atoms with Gasteiger partial charge >= 0.3 is 5.69 Å². The lowest BCUT2D eigenvalue weighted by atomic mass is 10.1. The van der Waals surface area contributed by atoms with Crippen molar-refractivity contribution in [2.24, 2.45) is 5.92 Å². The largest absolute Gasteiger partial charge is 0.454 e. The smallest absolute Gasteiger partial charge is 0.331 e. The minimum absolute atomic E-state index is 0.0379. The van der Waals surface area contributed by atoms with Gasteiger partial charge in [-0.25, -0.2) is 4.79 Å². The summed E-state index contributed by atoms with van der Waals surface area (Å²) >= 11 is 0. The van der Waals surface area contributed by atoms with Crippen LogP contribution < -0.4 is 31.4 Å². The maximum Gasteiger partial charge on any atom is 0.331 e. The lowest BCUT2D eigenvalue weighted by Gasteiger charge is -2.14. The first-order valence-corrected chi connectivity index (χ1v) is 12.5. The Balaban J connectivity index is 1.46. The number of hydrogen-bond donors (Lipinski definition) is 2. The molecular formula is C27H32N4O6. The first kappa shape index (κ1) is 26.0. The van der Waals surface area contributed by atoms with Gasteiger partial charge in [-0.1, -0.05) is 26.0 Å². The summed E-state index contributed by atoms with van der Waals surface area (Å²) < 4.78 is 13.1. The Hall–Kier alpha value is -4.08. The minimum atomic E-state index is -0.564. The summed E-state index contributed by atoms with van der Waals surface area (Å²) in [4.78, 5) is 51.3. The van der Waals surface area contributed by atoms with E-state index in [0.29, 0.717) is 59.8 Å². The van der Waals surface area contributed by atoms with Gasteiger partial charge in [-0.2, -0.15) is 0 Å². The third-order valence-corrected chi connectivity index (χ3v) is 6.17. The van der Waals surface area contributed by atoms with Crippen molar-refractivity contribution >= 4 is 28.4 Å². The van der Waals surface area contributed by atoms with Gasteiger partial charge in [-0.15, -0.1) is 0 Å². The standard InChI is InChI=1S/C27H32N4O6/c1-18(2)12-13-28-24(32)9-5-6-14-30-26(34)20-7-3-4-8-21(20)31(27(30)35)16-25(33)29-19-10-11-22-23(15-19)37-17-36-22/h3-4,7-8,10-11,15,18H,5-6,9,12-14,16-17H2,1-2H3,(H,28,32)(H,29,33). The van der Waals surface area contributed by atoms with Gasteiger partial charge in [-0.3, -0.25) is 23.5 Å². The molecule has 1 aromatic heterocycles. The number of benzene rings is 2. The minimum Gasteiger partial charge on any atom is -0.454 e. The van der Waals surface area contributed by atoms with Crippen LogP contribution in [0.2, 0.25) is 0 Å². The van der Waals surface area contributed by atoms with Crippen molar-refractivity contribution in [1.82, 2.24) is 14.5 Å². The van der Waals surface area contributed by atoms with E-state index in [9.17, 15) is 19.2 Å². The molecule has 0 unspecified atom stereocenters. The molecule has 2 aromatic carbocycles. The van der Waals surface area contributed by atoms with Crippen LogP contribution in [0.3, 0.4) is 0 Å². The number of unbranched alkanes of at least 4 members (excludes halogenated alkanes) is 1. The van der Waals surface area contributed by atoms with Gasteiger partial charge in [0.2, 0.25) is 18.6 Å². The maximum absolute atomic E-state index is 13.3. The van der Waals surface area contributed by atoms with Crippen LogP contribution in [-0.2, 0) is 22.7 Å². The molecule has 196 valence electrons. The fraction of sp³-hybridized carbons (Fsp3) is 0.407. The monoisotopic (exact) mass is 508 g/mol. The second kappa shape index (κ2) is 11.8. The number of ether oxygens (including phenoxy) is 2. The van der Waals surface area contributed by atoms with E-state index in [1.165, 1.54) is 4.57 Å². The summed E-state index contributed by atoms with van der Waals surface area (Å²) in [5, 5.41) is 6.01. The van der Waals surface area contributed by atoms with Crippen LogP contribution in [0.1, 0.15) is 39.5 Å². The molecule has 0 saturated carbocycles. The molecule has 1 aliphatic rings. The van der Waals surface area contributed by atoms with E-state index in [-0.39, 0.29) is 25.8 Å². The molecule has 4 rings (SSSR count). The Kier molecular flexibility index (Phi) is 8.27. The Morgan fingerprint density at radius 3 is 2.57 bits per heavy atom. The second-order valence-electron chi connectivity index (χ2n) is 9.45. The lowest BCUT2D eigenvalue weighted by Crippen LogP contribution is -2.41. The molecule has 1 aliphatic heterocycles. The van der Waals surface area contributed by atoms with E-state index in [2.05, 4.69) is 24.5 Å². The average molecular weight is 509 g/mol. The summed E-state index contributed by atoms with van der Waals surface area (Å²) in [7, 11) is 0. The molecule has 37 heavy (non-hydrogen) atoms. The number of rotatable bonds is 11. The Bertz CT molecular complexity index is 1410. The van der Waals surface area contributed by atoms with Crippen LogP contribution in [-0.4, -0.2) is 34.3 Å². The van der Waals surface area contributed by atoms with Gasteiger partial charge in [0.1, 0.15) is 6.54 Å². The zero-order valence-electron chi connectivity index (χ0n) is 21.1. The number of amides is 2. The SMILES string of the molecule is CC(C)CCNC(=O)CCCCn1c(=O)c2ccccc2n(CC(=O)Nc2ccc3c(c2)OCO3)c1=O. The quantitative estimate of drug-likeness (QED) is 0.384. The normalized spacial score (nSPS) is 12.2. The summed E-state index contributed by atoms with van der Waals surface area (Å²) in [6, 6.07) is 11.8. The number of nitrogens with zero attached hydrogens (tertiary/aromatic N) is 2. The molecule has 0 atom stereocenters. The number of carbonyl (C=O) groups is 2. The van der Waals surface area contributed by atoms with E-state index >= 15 is 0 Å². The van der Waals surface area contributed by atoms with Gasteiger partial charge in [0.25, 0.3) is 5.56 Å². The number of nitrogens with one attached hydrogen (secondary N) is 2. The molecule has 2 heterocycles. The van der Waals surface area contributed by atoms with Crippen molar-refractivity contribution in [1.29, 1.82) is 0 Å². The van der Waals surface area contributed by atoms with Crippen molar-refractivity contribution in [3.05, 3.63) is 63.3 Å². The number of carbonyl (C=O) groups excluding carboxylic acids is 2. The first-order valence-electron chi connectivity index (χ1n) is 12.5. The highest BCUT2D eigenvalue weighted by molar-refractivity contribution is 5.92. The zero-order chi connectivity index (χ0) is 26.4. The molecule has 10 heteroatoms. The molecule has 0 radical (unpaired) electrons. The molecule has 10 nitrogen and oxygen atoms in total. The summed E-state index contributed by atoms with van der Waals surface area (Å²) in [6.45, 7) is 4.85. The Morgan fingerprint density at radius 1 is 0.973 bits per heavy atom. The number of aromatic nitrogens is 2. The molecule has 3 aromatic rings. The Morgan fingerprint density at radius 2 is 1.76 bits per heavy atom. The molecule has 2 amide bonds. The lowest BCUT2D eigenvalue weighted by molar-refractivity contribution is -0.121. The van der Waals surface area contributed by atoms with Crippen LogP contribution in [0.5, 0.6) is 11.5 Å². The van der Waals surface area contributed by atoms with Crippen LogP contribution >= 0.6 is 0 Å². The predicted octanol–water partition coefficient (Wildman–Crippen LogP) is 2.86. The molecule has 0 saturated heterocycles. The van der Waals surface area contributed by atoms with E-state index in [1.54, 1.807) is 42.5 Å². The van der Waals surface area contributed by atoms with E-state index < -0.39 is 17.2 Å². The molecule has 0 spiro atoms. The highest BCUT2D eigenvalue weighted by atomic mass is 16.7. The molecular weight excluding hydrogens is 476 g/mol. The van der Waals surface area contributed by atoms with Crippen molar-refractivity contribution in [2.75, 3.05) is 18.7 Å². The summed E-state index contributed by atoms with van der Waals surface area (Å²) in [5.74, 6) is 1.18. The second-order valence-corrected chi connectivity index (χ2v) is 9.45. The average Bonchev–Trinajstić information content (AvgIpc) is 3.34. The summed E-state index contributed by atoms with van der Waals surface area (Å²) in [5.41, 5.74) is -0.0777. The number of anilines is 1. The van der Waals surface area contributed by atoms with Gasteiger partial charge in [0.05, 0.1) is 10.9 Å². The molecule has 2 N–H and O–H groups in total. The summed E-state index contributed by atoms with van der Waals surface area (Å²) in [6.07, 6.45) is 2.26. The van der Waals surface area contributed by atoms with Crippen molar-refractivity contribution in [3.8, 4) is 11.5 Å². The number of fused-ring (bicyclic) bond motifs is 2. The van der Waals surface area contributed by atoms with E-state index in [0.717, 1.165) is 11.0 Å². The van der Waals surface area contributed by atoms with E-state index in [1.807, 2.05) is 0 Å². The molecule has 0 aliphatic carbocycles. The highest BCUT2D eigenvalue weighted by Crippen LogP contribution is 2.34. The van der Waals surface area contributed by atoms with Gasteiger partial charge in [0.15, 0.2) is 11.5 Å². The third-order valence-electron chi connectivity index (χ3n) is 6.17. The van der Waals surface area contributed by atoms with E-state index in [4.69, 9.17) is 9.47 Å². The Labute approximate surface area is 214 Å². The highest BCUT2D eigenvalue weighted by Gasteiger charge is 2.17. The third kappa shape index (κ3) is 6.38.